The zero-order valence-electron chi connectivity index (χ0n) is 15.5. The van der Waals surface area contributed by atoms with Crippen LogP contribution >= 0.6 is 0 Å². The zero-order chi connectivity index (χ0) is 16.1. The molecule has 1 atom stereocenters. The zero-order valence-corrected chi connectivity index (χ0v) is 15.5. The molecular formula is C19H41NO. The number of likely N-dealkylation sites (N-methyl/N-ethyl adjacent to an activating group) is 1. The maximum Gasteiger partial charge on any atom is 0.0723 e. The van der Waals surface area contributed by atoms with Crippen molar-refractivity contribution in [2.45, 2.75) is 110 Å². The number of nitrogens with zero attached hydrogens (tertiary/aromatic N) is 1. The highest BCUT2D eigenvalue weighted by Crippen LogP contribution is 2.30. The Bertz CT molecular complexity index is 222. The van der Waals surface area contributed by atoms with Gasteiger partial charge in [0.15, 0.2) is 0 Å². The second-order valence-electron chi connectivity index (χ2n) is 6.41. The van der Waals surface area contributed by atoms with Gasteiger partial charge < -0.3 is 5.11 Å². The number of aliphatic hydroxyl groups is 1. The molecule has 0 saturated carbocycles. The average Bonchev–Trinajstić information content (AvgIpc) is 2.51. The quantitative estimate of drug-likeness (QED) is 0.435. The molecule has 0 aliphatic rings. The molecule has 0 amide bonds. The van der Waals surface area contributed by atoms with E-state index in [4.69, 9.17) is 0 Å². The third-order valence-corrected chi connectivity index (χ3v) is 5.32. The first kappa shape index (κ1) is 20.9. The van der Waals surface area contributed by atoms with Crippen molar-refractivity contribution in [2.75, 3.05) is 13.1 Å². The van der Waals surface area contributed by atoms with E-state index in [0.29, 0.717) is 0 Å². The normalized spacial score (nSPS) is 13.9. The lowest BCUT2D eigenvalue weighted by Crippen LogP contribution is -2.56. The minimum atomic E-state index is -0.178. The van der Waals surface area contributed by atoms with Crippen LogP contribution in [0.4, 0.5) is 0 Å². The van der Waals surface area contributed by atoms with Gasteiger partial charge in [-0.2, -0.15) is 0 Å². The van der Waals surface area contributed by atoms with Gasteiger partial charge >= 0.3 is 0 Å². The van der Waals surface area contributed by atoms with Crippen LogP contribution in [-0.4, -0.2) is 34.7 Å². The number of hydrogen-bond acceptors (Lipinski definition) is 2. The molecule has 0 aromatic rings. The van der Waals surface area contributed by atoms with Crippen molar-refractivity contribution < 1.29 is 5.11 Å². The van der Waals surface area contributed by atoms with Crippen LogP contribution in [0.3, 0.4) is 0 Å². The molecule has 2 heteroatoms. The predicted octanol–water partition coefficient (Wildman–Crippen LogP) is 5.39. The Morgan fingerprint density at radius 2 is 1.24 bits per heavy atom. The van der Waals surface area contributed by atoms with Gasteiger partial charge in [-0.25, -0.2) is 0 Å². The first-order valence-corrected chi connectivity index (χ1v) is 9.55. The fourth-order valence-electron chi connectivity index (χ4n) is 3.80. The van der Waals surface area contributed by atoms with Crippen LogP contribution in [0.25, 0.3) is 0 Å². The van der Waals surface area contributed by atoms with E-state index in [0.717, 1.165) is 32.4 Å². The van der Waals surface area contributed by atoms with Crippen LogP contribution in [0, 0.1) is 0 Å². The summed E-state index contributed by atoms with van der Waals surface area (Å²) in [7, 11) is 0. The topological polar surface area (TPSA) is 23.5 Å². The Balaban J connectivity index is 4.21. The number of aliphatic hydroxyl groups excluding tert-OH is 1. The summed E-state index contributed by atoms with van der Waals surface area (Å²) in [4.78, 5) is 2.47. The minimum absolute atomic E-state index is 0.00822. The summed E-state index contributed by atoms with van der Waals surface area (Å²) >= 11 is 0. The Labute approximate surface area is 134 Å². The number of unbranched alkanes of at least 4 members (excludes halogenated alkanes) is 6. The van der Waals surface area contributed by atoms with Gasteiger partial charge in [-0.3, -0.25) is 4.90 Å². The van der Waals surface area contributed by atoms with Crippen LogP contribution in [-0.2, 0) is 0 Å². The fraction of sp³-hybridized carbons (Fsp3) is 1.00. The van der Waals surface area contributed by atoms with Gasteiger partial charge in [0.25, 0.3) is 0 Å². The van der Waals surface area contributed by atoms with E-state index >= 15 is 0 Å². The van der Waals surface area contributed by atoms with Crippen molar-refractivity contribution in [2.24, 2.45) is 0 Å². The van der Waals surface area contributed by atoms with Gasteiger partial charge in [0.1, 0.15) is 0 Å². The first-order valence-electron chi connectivity index (χ1n) is 9.55. The molecule has 0 saturated heterocycles. The van der Waals surface area contributed by atoms with Crippen LogP contribution < -0.4 is 0 Å². The monoisotopic (exact) mass is 299 g/mol. The second kappa shape index (κ2) is 12.5. The summed E-state index contributed by atoms with van der Waals surface area (Å²) < 4.78 is 0. The van der Waals surface area contributed by atoms with E-state index in [2.05, 4.69) is 39.5 Å². The lowest BCUT2D eigenvalue weighted by atomic mass is 9.82. The van der Waals surface area contributed by atoms with Crippen LogP contribution in [0.5, 0.6) is 0 Å². The first-order chi connectivity index (χ1) is 10.1. The van der Waals surface area contributed by atoms with E-state index < -0.39 is 0 Å². The summed E-state index contributed by atoms with van der Waals surface area (Å²) in [6, 6.07) is 0. The molecule has 0 spiro atoms. The fourth-order valence-corrected chi connectivity index (χ4v) is 3.80. The molecule has 21 heavy (non-hydrogen) atoms. The Morgan fingerprint density at radius 3 is 1.67 bits per heavy atom. The lowest BCUT2D eigenvalue weighted by Gasteiger charge is -2.46. The molecule has 0 aliphatic heterocycles. The van der Waals surface area contributed by atoms with Crippen molar-refractivity contribution in [3.8, 4) is 0 Å². The van der Waals surface area contributed by atoms with Crippen LogP contribution in [0.15, 0.2) is 0 Å². The Kier molecular flexibility index (Phi) is 12.4. The molecule has 0 bridgehead atoms. The molecule has 128 valence electrons. The molecule has 2 nitrogen and oxygen atoms in total. The van der Waals surface area contributed by atoms with Gasteiger partial charge in [-0.05, 0) is 32.4 Å². The van der Waals surface area contributed by atoms with Gasteiger partial charge in [0.2, 0.25) is 0 Å². The molecule has 1 unspecified atom stereocenters. The predicted molar refractivity (Wildman–Crippen MR) is 94.9 cm³/mol. The molecule has 0 aromatic heterocycles. The molecule has 0 fully saturated rings. The highest BCUT2D eigenvalue weighted by molar-refractivity contribution is 4.94. The van der Waals surface area contributed by atoms with Gasteiger partial charge in [-0.15, -0.1) is 0 Å². The van der Waals surface area contributed by atoms with Crippen molar-refractivity contribution in [1.29, 1.82) is 0 Å². The Morgan fingerprint density at radius 1 is 0.762 bits per heavy atom. The third-order valence-electron chi connectivity index (χ3n) is 5.32. The molecule has 0 aromatic carbocycles. The molecular weight excluding hydrogens is 258 g/mol. The summed E-state index contributed by atoms with van der Waals surface area (Å²) in [5.74, 6) is 0. The van der Waals surface area contributed by atoms with Crippen LogP contribution in [0.2, 0.25) is 0 Å². The average molecular weight is 300 g/mol. The van der Waals surface area contributed by atoms with E-state index in [-0.39, 0.29) is 11.6 Å². The summed E-state index contributed by atoms with van der Waals surface area (Å²) in [5, 5.41) is 10.8. The van der Waals surface area contributed by atoms with Gasteiger partial charge in [0, 0.05) is 5.54 Å². The largest absolute Gasteiger partial charge is 0.391 e. The lowest BCUT2D eigenvalue weighted by molar-refractivity contribution is -0.0394. The summed E-state index contributed by atoms with van der Waals surface area (Å²) in [6.45, 7) is 13.2. The maximum absolute atomic E-state index is 10.8. The van der Waals surface area contributed by atoms with Gasteiger partial charge in [0.05, 0.1) is 6.10 Å². The third kappa shape index (κ3) is 6.69. The van der Waals surface area contributed by atoms with E-state index in [1.54, 1.807) is 0 Å². The van der Waals surface area contributed by atoms with E-state index in [9.17, 15) is 5.11 Å². The molecule has 1 N–H and O–H groups in total. The van der Waals surface area contributed by atoms with Crippen molar-refractivity contribution in [3.05, 3.63) is 0 Å². The summed E-state index contributed by atoms with van der Waals surface area (Å²) in [6.07, 6.45) is 12.1. The standard InChI is InChI=1S/C19H41NO/c1-6-11-12-13-14-15-16-17-18(21)19(7-2,8-3)20(9-4)10-5/h18,21H,6-17H2,1-5H3. The highest BCUT2D eigenvalue weighted by Gasteiger charge is 2.38. The molecule has 0 aliphatic carbocycles. The Hall–Kier alpha value is -0.0800. The molecule has 0 rings (SSSR count). The number of hydrogen-bond donors (Lipinski definition) is 1. The molecule has 0 heterocycles. The minimum Gasteiger partial charge on any atom is -0.391 e. The smallest absolute Gasteiger partial charge is 0.0723 e. The second-order valence-corrected chi connectivity index (χ2v) is 6.41. The van der Waals surface area contributed by atoms with Crippen molar-refractivity contribution >= 4 is 0 Å². The molecule has 0 radical (unpaired) electrons. The summed E-state index contributed by atoms with van der Waals surface area (Å²) in [5.41, 5.74) is -0.00822. The maximum atomic E-state index is 10.8. The SMILES string of the molecule is CCCCCCCCCC(O)C(CC)(CC)N(CC)CC. The van der Waals surface area contributed by atoms with E-state index in [1.807, 2.05) is 0 Å². The van der Waals surface area contributed by atoms with Crippen molar-refractivity contribution in [1.82, 2.24) is 4.90 Å². The van der Waals surface area contributed by atoms with Crippen molar-refractivity contribution in [3.63, 3.8) is 0 Å². The highest BCUT2D eigenvalue weighted by atomic mass is 16.3. The van der Waals surface area contributed by atoms with E-state index in [1.165, 1.54) is 44.9 Å². The van der Waals surface area contributed by atoms with Crippen LogP contribution in [0.1, 0.15) is 98.8 Å². The number of rotatable bonds is 14. The van der Waals surface area contributed by atoms with Gasteiger partial charge in [-0.1, -0.05) is 79.6 Å².